The van der Waals surface area contributed by atoms with E-state index in [2.05, 4.69) is 13.0 Å². The van der Waals surface area contributed by atoms with Crippen molar-refractivity contribution in [3.05, 3.63) is 40.5 Å². The Hall–Kier alpha value is -1.54. The number of sulfonamides is 1. The second-order valence-electron chi connectivity index (χ2n) is 9.33. The average molecular weight is 446 g/mol. The van der Waals surface area contributed by atoms with E-state index >= 15 is 0 Å². The van der Waals surface area contributed by atoms with Gasteiger partial charge in [0.05, 0.1) is 18.0 Å². The Kier molecular flexibility index (Phi) is 5.79. The fourth-order valence-electron chi connectivity index (χ4n) is 5.72. The van der Waals surface area contributed by atoms with E-state index in [0.717, 1.165) is 36.0 Å². The lowest BCUT2D eigenvalue weighted by molar-refractivity contribution is 0.00710. The van der Waals surface area contributed by atoms with Crippen LogP contribution in [0.2, 0.25) is 0 Å². The first-order chi connectivity index (χ1) is 14.9. The van der Waals surface area contributed by atoms with Gasteiger partial charge in [0.2, 0.25) is 10.0 Å². The second-order valence-corrected chi connectivity index (χ2v) is 11.5. The summed E-state index contributed by atoms with van der Waals surface area (Å²) in [7, 11) is -3.25. The molecule has 0 amide bonds. The summed E-state index contributed by atoms with van der Waals surface area (Å²) in [6.07, 6.45) is 4.18. The number of ether oxygens (including phenoxy) is 2. The van der Waals surface area contributed by atoms with Gasteiger partial charge in [-0.1, -0.05) is 23.8 Å². The molecule has 0 spiro atoms. The van der Waals surface area contributed by atoms with Gasteiger partial charge in [-0.2, -0.15) is 0 Å². The van der Waals surface area contributed by atoms with Crippen LogP contribution in [0.4, 0.5) is 0 Å². The number of rotatable bonds is 3. The van der Waals surface area contributed by atoms with Crippen molar-refractivity contribution in [2.24, 2.45) is 5.92 Å². The molecule has 0 aromatic heterocycles. The first-order valence-electron chi connectivity index (χ1n) is 11.5. The molecule has 4 aliphatic rings. The fraction of sp³-hybridized carbons (Fsp3) is 0.625. The maximum absolute atomic E-state index is 13.0. The van der Waals surface area contributed by atoms with Crippen molar-refractivity contribution in [2.75, 3.05) is 32.9 Å². The van der Waals surface area contributed by atoms with Crippen molar-refractivity contribution in [1.82, 2.24) is 4.31 Å². The van der Waals surface area contributed by atoms with Crippen LogP contribution in [0.15, 0.2) is 23.8 Å². The predicted molar refractivity (Wildman–Crippen MR) is 118 cm³/mol. The molecule has 0 saturated carbocycles. The highest BCUT2D eigenvalue weighted by molar-refractivity contribution is 7.89. The molecule has 1 aliphatic carbocycles. The summed E-state index contributed by atoms with van der Waals surface area (Å²) in [6, 6.07) is 5.93. The first-order valence-corrected chi connectivity index (χ1v) is 13.0. The van der Waals surface area contributed by atoms with E-state index in [-0.39, 0.29) is 17.1 Å². The van der Waals surface area contributed by atoms with E-state index in [1.807, 2.05) is 12.1 Å². The number of Topliss-reactive ketones (excluding diaryl/α,β-unsaturated/α-hetero) is 1. The van der Waals surface area contributed by atoms with Crippen molar-refractivity contribution in [3.63, 3.8) is 0 Å². The zero-order valence-corrected chi connectivity index (χ0v) is 19.0. The number of aryl methyl sites for hydroxylation is 1. The molecule has 0 N–H and O–H groups in total. The highest BCUT2D eigenvalue weighted by Crippen LogP contribution is 2.41. The summed E-state index contributed by atoms with van der Waals surface area (Å²) in [5.41, 5.74) is 5.45. The lowest BCUT2D eigenvalue weighted by Crippen LogP contribution is -2.47. The fourth-order valence-corrected chi connectivity index (χ4v) is 7.65. The van der Waals surface area contributed by atoms with E-state index in [1.165, 1.54) is 11.1 Å². The monoisotopic (exact) mass is 445 g/mol. The highest BCUT2D eigenvalue weighted by atomic mass is 32.2. The lowest BCUT2D eigenvalue weighted by Gasteiger charge is -2.40. The molecular formula is C24H31NO5S. The molecule has 2 fully saturated rings. The molecule has 1 aromatic rings. The quantitative estimate of drug-likeness (QED) is 0.714. The summed E-state index contributed by atoms with van der Waals surface area (Å²) >= 11 is 0. The molecule has 3 heterocycles. The number of carbonyl (C=O) groups is 1. The van der Waals surface area contributed by atoms with Crippen LogP contribution in [0.25, 0.3) is 5.57 Å². The molecule has 6 nitrogen and oxygen atoms in total. The minimum Gasteiger partial charge on any atom is -0.381 e. The molecule has 1 aromatic carbocycles. The highest BCUT2D eigenvalue weighted by Gasteiger charge is 2.39. The summed E-state index contributed by atoms with van der Waals surface area (Å²) in [5, 5.41) is -0.298. The smallest absolute Gasteiger partial charge is 0.217 e. The van der Waals surface area contributed by atoms with Gasteiger partial charge in [-0.25, -0.2) is 12.7 Å². The normalized spacial score (nSPS) is 26.6. The van der Waals surface area contributed by atoms with Crippen molar-refractivity contribution in [1.29, 1.82) is 0 Å². The molecule has 3 aliphatic heterocycles. The van der Waals surface area contributed by atoms with Gasteiger partial charge in [-0.15, -0.1) is 0 Å². The minimum absolute atomic E-state index is 0.0741. The standard InChI is InChI=1S/C24H31NO5S/c1-16-3-2-4-20-22(26)13-18-14-23(30-15-21(18)24(16)20)17-5-9-25(10-6-17)31(27,28)19-7-11-29-12-8-19/h2-4,17,19,23H,5-15H2,1H3. The number of nitrogens with zero attached hydrogens (tertiary/aromatic N) is 1. The second kappa shape index (κ2) is 8.43. The predicted octanol–water partition coefficient (Wildman–Crippen LogP) is 3.34. The Balaban J connectivity index is 1.26. The Labute approximate surface area is 184 Å². The van der Waals surface area contributed by atoms with Gasteiger partial charge in [0.1, 0.15) is 0 Å². The van der Waals surface area contributed by atoms with Crippen LogP contribution in [0.5, 0.6) is 0 Å². The summed E-state index contributed by atoms with van der Waals surface area (Å²) in [4.78, 5) is 12.7. The average Bonchev–Trinajstić information content (AvgIpc) is 2.80. The van der Waals surface area contributed by atoms with Crippen LogP contribution in [0, 0.1) is 12.8 Å². The first kappa shape index (κ1) is 21.3. The molecule has 7 heteroatoms. The van der Waals surface area contributed by atoms with Crippen molar-refractivity contribution in [2.45, 2.75) is 56.8 Å². The van der Waals surface area contributed by atoms with Gasteiger partial charge >= 0.3 is 0 Å². The van der Waals surface area contributed by atoms with Crippen LogP contribution in [0.3, 0.4) is 0 Å². The Morgan fingerprint density at radius 3 is 2.55 bits per heavy atom. The topological polar surface area (TPSA) is 72.9 Å². The summed E-state index contributed by atoms with van der Waals surface area (Å²) in [6.45, 7) is 4.81. The maximum Gasteiger partial charge on any atom is 0.217 e. The van der Waals surface area contributed by atoms with E-state index < -0.39 is 10.0 Å². The summed E-state index contributed by atoms with van der Waals surface area (Å²) < 4.78 is 39.3. The molecule has 1 unspecified atom stereocenters. The van der Waals surface area contributed by atoms with E-state index in [1.54, 1.807) is 4.31 Å². The van der Waals surface area contributed by atoms with Crippen molar-refractivity contribution < 1.29 is 22.7 Å². The van der Waals surface area contributed by atoms with E-state index in [4.69, 9.17) is 9.47 Å². The van der Waals surface area contributed by atoms with Gasteiger partial charge in [0.25, 0.3) is 0 Å². The number of hydrogen-bond donors (Lipinski definition) is 0. The van der Waals surface area contributed by atoms with Gasteiger partial charge in [-0.3, -0.25) is 4.79 Å². The molecule has 2 saturated heterocycles. The SMILES string of the molecule is Cc1cccc2c1C1=C(CC2=O)CC(C2CCN(S(=O)(=O)C3CCOCC3)CC2)OC1. The number of piperidine rings is 1. The molecule has 0 bridgehead atoms. The number of hydrogen-bond acceptors (Lipinski definition) is 5. The van der Waals surface area contributed by atoms with Gasteiger partial charge in [-0.05, 0) is 61.6 Å². The third-order valence-corrected chi connectivity index (χ3v) is 9.94. The Morgan fingerprint density at radius 1 is 1.06 bits per heavy atom. The molecular weight excluding hydrogens is 414 g/mol. The summed E-state index contributed by atoms with van der Waals surface area (Å²) in [5.74, 6) is 0.541. The Bertz CT molecular complexity index is 1000. The van der Waals surface area contributed by atoms with Crippen molar-refractivity contribution in [3.8, 4) is 0 Å². The van der Waals surface area contributed by atoms with Crippen LogP contribution in [0.1, 0.15) is 60.0 Å². The number of fused-ring (bicyclic) bond motifs is 2. The molecule has 31 heavy (non-hydrogen) atoms. The number of carbonyl (C=O) groups excluding carboxylic acids is 1. The van der Waals surface area contributed by atoms with Gasteiger partial charge < -0.3 is 9.47 Å². The Morgan fingerprint density at radius 2 is 1.81 bits per heavy atom. The largest absolute Gasteiger partial charge is 0.381 e. The van der Waals surface area contributed by atoms with Crippen LogP contribution >= 0.6 is 0 Å². The maximum atomic E-state index is 13.0. The van der Waals surface area contributed by atoms with Crippen LogP contribution in [-0.4, -0.2) is 62.8 Å². The van der Waals surface area contributed by atoms with Gasteiger partial charge in [0, 0.05) is 38.3 Å². The third kappa shape index (κ3) is 3.90. The number of benzene rings is 1. The van der Waals surface area contributed by atoms with E-state index in [9.17, 15) is 13.2 Å². The van der Waals surface area contributed by atoms with Crippen LogP contribution in [-0.2, 0) is 19.5 Å². The zero-order valence-electron chi connectivity index (χ0n) is 18.1. The molecule has 5 rings (SSSR count). The number of ketones is 1. The van der Waals surface area contributed by atoms with E-state index in [0.29, 0.717) is 58.1 Å². The van der Waals surface area contributed by atoms with Crippen molar-refractivity contribution >= 4 is 21.4 Å². The third-order valence-electron chi connectivity index (χ3n) is 7.54. The van der Waals surface area contributed by atoms with Gasteiger partial charge in [0.15, 0.2) is 5.78 Å². The zero-order chi connectivity index (χ0) is 21.6. The minimum atomic E-state index is -3.25. The molecule has 168 valence electrons. The molecule has 0 radical (unpaired) electrons. The lowest BCUT2D eigenvalue weighted by atomic mass is 9.77. The molecule has 1 atom stereocenters. The van der Waals surface area contributed by atoms with Crippen LogP contribution < -0.4 is 0 Å².